The van der Waals surface area contributed by atoms with Gasteiger partial charge in [0.2, 0.25) is 11.8 Å². The average molecular weight is 329 g/mol. The van der Waals surface area contributed by atoms with E-state index in [1.165, 1.54) is 23.6 Å². The first kappa shape index (κ1) is 17.0. The zero-order valence-corrected chi connectivity index (χ0v) is 14.8. The summed E-state index contributed by atoms with van der Waals surface area (Å²) in [6, 6.07) is 6.67. The Balaban J connectivity index is 1.51. The summed E-state index contributed by atoms with van der Waals surface area (Å²) < 4.78 is 0. The number of nitrogens with zero attached hydrogens (tertiary/aromatic N) is 2. The van der Waals surface area contributed by atoms with E-state index in [1.807, 2.05) is 4.90 Å². The normalized spacial score (nSPS) is 23.4. The van der Waals surface area contributed by atoms with E-state index < -0.39 is 0 Å². The van der Waals surface area contributed by atoms with Crippen molar-refractivity contribution in [2.24, 2.45) is 11.8 Å². The molecule has 0 aromatic heterocycles. The van der Waals surface area contributed by atoms with Crippen molar-refractivity contribution in [3.8, 4) is 0 Å². The monoisotopic (exact) mass is 329 g/mol. The number of rotatable bonds is 4. The maximum absolute atomic E-state index is 12.1. The SMILES string of the molecule is CC(=O)NCC(=O)N1CC2CN(Cc3ccc(C)cc3C)CC2C1. The van der Waals surface area contributed by atoms with Gasteiger partial charge in [-0.2, -0.15) is 0 Å². The Hall–Kier alpha value is -1.88. The lowest BCUT2D eigenvalue weighted by atomic mass is 10.0. The number of hydrogen-bond acceptors (Lipinski definition) is 3. The molecule has 0 spiro atoms. The number of aryl methyl sites for hydroxylation is 2. The molecule has 2 aliphatic heterocycles. The molecule has 0 saturated carbocycles. The first-order chi connectivity index (χ1) is 11.4. The van der Waals surface area contributed by atoms with Gasteiger partial charge in [0.1, 0.15) is 0 Å². The maximum atomic E-state index is 12.1. The summed E-state index contributed by atoms with van der Waals surface area (Å²) >= 11 is 0. The molecule has 2 saturated heterocycles. The van der Waals surface area contributed by atoms with Gasteiger partial charge < -0.3 is 10.2 Å². The molecule has 0 radical (unpaired) electrons. The molecule has 0 aliphatic carbocycles. The molecule has 2 atom stereocenters. The Labute approximate surface area is 144 Å². The molecule has 2 heterocycles. The lowest BCUT2D eigenvalue weighted by molar-refractivity contribution is -0.131. The minimum Gasteiger partial charge on any atom is -0.347 e. The fraction of sp³-hybridized carbons (Fsp3) is 0.579. The second kappa shape index (κ2) is 6.93. The Bertz CT molecular complexity index is 629. The van der Waals surface area contributed by atoms with Gasteiger partial charge in [0.15, 0.2) is 0 Å². The largest absolute Gasteiger partial charge is 0.347 e. The number of carbonyl (C=O) groups is 2. The molecular weight excluding hydrogens is 302 g/mol. The van der Waals surface area contributed by atoms with Crippen LogP contribution in [0.15, 0.2) is 18.2 Å². The predicted octanol–water partition coefficient (Wildman–Crippen LogP) is 1.33. The highest BCUT2D eigenvalue weighted by Crippen LogP contribution is 2.32. The molecule has 1 aromatic rings. The molecule has 2 unspecified atom stereocenters. The van der Waals surface area contributed by atoms with Crippen LogP contribution in [0.25, 0.3) is 0 Å². The van der Waals surface area contributed by atoms with Gasteiger partial charge in [-0.15, -0.1) is 0 Å². The van der Waals surface area contributed by atoms with Crippen LogP contribution >= 0.6 is 0 Å². The summed E-state index contributed by atoms with van der Waals surface area (Å²) in [5, 5.41) is 2.60. The van der Waals surface area contributed by atoms with E-state index in [0.29, 0.717) is 11.8 Å². The number of carbonyl (C=O) groups excluding carboxylic acids is 2. The standard InChI is InChI=1S/C19H27N3O2/c1-13-4-5-16(14(2)6-13)8-21-9-17-11-22(12-18(17)10-21)19(24)7-20-15(3)23/h4-6,17-18H,7-12H2,1-3H3,(H,20,23). The van der Waals surface area contributed by atoms with Gasteiger partial charge in [0, 0.05) is 39.6 Å². The zero-order chi connectivity index (χ0) is 17.3. The Kier molecular flexibility index (Phi) is 4.90. The topological polar surface area (TPSA) is 52.7 Å². The smallest absolute Gasteiger partial charge is 0.241 e. The van der Waals surface area contributed by atoms with Gasteiger partial charge in [-0.05, 0) is 36.8 Å². The van der Waals surface area contributed by atoms with E-state index in [4.69, 9.17) is 0 Å². The maximum Gasteiger partial charge on any atom is 0.241 e. The van der Waals surface area contributed by atoms with E-state index in [2.05, 4.69) is 42.3 Å². The van der Waals surface area contributed by atoms with Gasteiger partial charge >= 0.3 is 0 Å². The Morgan fingerprint density at radius 2 is 1.79 bits per heavy atom. The highest BCUT2D eigenvalue weighted by atomic mass is 16.2. The number of nitrogens with one attached hydrogen (secondary N) is 1. The van der Waals surface area contributed by atoms with E-state index in [-0.39, 0.29) is 18.4 Å². The van der Waals surface area contributed by atoms with Crippen molar-refractivity contribution in [1.29, 1.82) is 0 Å². The number of fused-ring (bicyclic) bond motifs is 1. The number of likely N-dealkylation sites (tertiary alicyclic amines) is 2. The Morgan fingerprint density at radius 3 is 2.38 bits per heavy atom. The van der Waals surface area contributed by atoms with Crippen molar-refractivity contribution >= 4 is 11.8 Å². The van der Waals surface area contributed by atoms with Crippen LogP contribution in [0.1, 0.15) is 23.6 Å². The van der Waals surface area contributed by atoms with Crippen LogP contribution in [0, 0.1) is 25.7 Å². The third kappa shape index (κ3) is 3.78. The summed E-state index contributed by atoms with van der Waals surface area (Å²) in [6.45, 7) is 10.6. The highest BCUT2D eigenvalue weighted by molar-refractivity contribution is 5.83. The number of amides is 2. The van der Waals surface area contributed by atoms with E-state index in [0.717, 1.165) is 32.7 Å². The van der Waals surface area contributed by atoms with Gasteiger partial charge in [-0.3, -0.25) is 14.5 Å². The molecule has 130 valence electrons. The summed E-state index contributed by atoms with van der Waals surface area (Å²) in [5.74, 6) is 1.02. The van der Waals surface area contributed by atoms with Crippen molar-refractivity contribution in [3.63, 3.8) is 0 Å². The molecule has 1 aromatic carbocycles. The van der Waals surface area contributed by atoms with Crippen LogP contribution in [0.5, 0.6) is 0 Å². The highest BCUT2D eigenvalue weighted by Gasteiger charge is 2.41. The van der Waals surface area contributed by atoms with Crippen molar-refractivity contribution in [2.75, 3.05) is 32.7 Å². The Morgan fingerprint density at radius 1 is 1.12 bits per heavy atom. The van der Waals surface area contributed by atoms with Crippen LogP contribution in [-0.2, 0) is 16.1 Å². The molecular formula is C19H27N3O2. The molecule has 2 aliphatic rings. The zero-order valence-electron chi connectivity index (χ0n) is 14.8. The summed E-state index contributed by atoms with van der Waals surface area (Å²) in [4.78, 5) is 27.5. The van der Waals surface area contributed by atoms with Crippen molar-refractivity contribution in [2.45, 2.75) is 27.3 Å². The fourth-order valence-corrected chi connectivity index (χ4v) is 4.00. The second-order valence-corrected chi connectivity index (χ2v) is 7.35. The van der Waals surface area contributed by atoms with Crippen molar-refractivity contribution < 1.29 is 9.59 Å². The molecule has 24 heavy (non-hydrogen) atoms. The second-order valence-electron chi connectivity index (χ2n) is 7.35. The molecule has 2 fully saturated rings. The van der Waals surface area contributed by atoms with Gasteiger partial charge in [0.25, 0.3) is 0 Å². The van der Waals surface area contributed by atoms with Gasteiger partial charge in [0.05, 0.1) is 6.54 Å². The van der Waals surface area contributed by atoms with Crippen molar-refractivity contribution in [1.82, 2.24) is 15.1 Å². The number of hydrogen-bond donors (Lipinski definition) is 1. The van der Waals surface area contributed by atoms with Crippen LogP contribution in [0.3, 0.4) is 0 Å². The van der Waals surface area contributed by atoms with E-state index >= 15 is 0 Å². The number of benzene rings is 1. The average Bonchev–Trinajstić information content (AvgIpc) is 3.06. The lowest BCUT2D eigenvalue weighted by Crippen LogP contribution is -2.39. The molecule has 5 nitrogen and oxygen atoms in total. The van der Waals surface area contributed by atoms with Gasteiger partial charge in [-0.25, -0.2) is 0 Å². The quantitative estimate of drug-likeness (QED) is 0.907. The fourth-order valence-electron chi connectivity index (χ4n) is 4.00. The van der Waals surface area contributed by atoms with Crippen LogP contribution in [0.2, 0.25) is 0 Å². The lowest BCUT2D eigenvalue weighted by Gasteiger charge is -2.22. The third-order valence-electron chi connectivity index (χ3n) is 5.30. The summed E-state index contributed by atoms with van der Waals surface area (Å²) in [7, 11) is 0. The third-order valence-corrected chi connectivity index (χ3v) is 5.30. The summed E-state index contributed by atoms with van der Waals surface area (Å²) in [6.07, 6.45) is 0. The first-order valence-corrected chi connectivity index (χ1v) is 8.73. The molecule has 2 amide bonds. The molecule has 3 rings (SSSR count). The van der Waals surface area contributed by atoms with Crippen molar-refractivity contribution in [3.05, 3.63) is 34.9 Å². The first-order valence-electron chi connectivity index (χ1n) is 8.73. The van der Waals surface area contributed by atoms with Gasteiger partial charge in [-0.1, -0.05) is 23.8 Å². The molecule has 5 heteroatoms. The summed E-state index contributed by atoms with van der Waals surface area (Å²) in [5.41, 5.74) is 4.07. The minimum absolute atomic E-state index is 0.0422. The van der Waals surface area contributed by atoms with E-state index in [1.54, 1.807) is 0 Å². The van der Waals surface area contributed by atoms with Crippen LogP contribution in [0.4, 0.5) is 0 Å². The van der Waals surface area contributed by atoms with Crippen LogP contribution < -0.4 is 5.32 Å². The van der Waals surface area contributed by atoms with E-state index in [9.17, 15) is 9.59 Å². The van der Waals surface area contributed by atoms with Crippen LogP contribution in [-0.4, -0.2) is 54.3 Å². The molecule has 1 N–H and O–H groups in total. The predicted molar refractivity (Wildman–Crippen MR) is 93.4 cm³/mol. The molecule has 0 bridgehead atoms. The minimum atomic E-state index is -0.151.